The highest BCUT2D eigenvalue weighted by atomic mass is 32.2. The van der Waals surface area contributed by atoms with E-state index >= 15 is 0 Å². The van der Waals surface area contributed by atoms with Crippen LogP contribution in [0, 0.1) is 0 Å². The molecule has 3 aromatic carbocycles. The Hall–Kier alpha value is -2.23. The lowest BCUT2D eigenvalue weighted by atomic mass is 10.0. The lowest BCUT2D eigenvalue weighted by Gasteiger charge is -2.28. The molecule has 0 spiro atoms. The first-order chi connectivity index (χ1) is 13.3. The van der Waals surface area contributed by atoms with E-state index in [2.05, 4.69) is 95.1 Å². The van der Waals surface area contributed by atoms with E-state index in [1.165, 1.54) is 27.4 Å². The van der Waals surface area contributed by atoms with Crippen LogP contribution >= 0.6 is 11.9 Å². The average molecular weight is 375 g/mol. The van der Waals surface area contributed by atoms with Gasteiger partial charge in [0.1, 0.15) is 0 Å². The van der Waals surface area contributed by atoms with Crippen LogP contribution in [0.15, 0.2) is 83.8 Å². The molecule has 2 nitrogen and oxygen atoms in total. The molecule has 3 heteroatoms. The van der Waals surface area contributed by atoms with Gasteiger partial charge in [-0.1, -0.05) is 54.6 Å². The van der Waals surface area contributed by atoms with Crippen LogP contribution in [0.1, 0.15) is 17.5 Å². The predicted molar refractivity (Wildman–Crippen MR) is 117 cm³/mol. The summed E-state index contributed by atoms with van der Waals surface area (Å²) in [5.74, 6) is 0. The topological polar surface area (TPSA) is 6.48 Å². The third-order valence-electron chi connectivity index (χ3n) is 5.09. The van der Waals surface area contributed by atoms with Gasteiger partial charge in [0.05, 0.1) is 0 Å². The maximum absolute atomic E-state index is 2.53. The van der Waals surface area contributed by atoms with Crippen molar-refractivity contribution >= 4 is 23.3 Å². The zero-order chi connectivity index (χ0) is 18.5. The Morgan fingerprint density at radius 1 is 0.778 bits per heavy atom. The van der Waals surface area contributed by atoms with Crippen LogP contribution in [0.2, 0.25) is 0 Å². The van der Waals surface area contributed by atoms with Crippen molar-refractivity contribution in [3.63, 3.8) is 0 Å². The fourth-order valence-electron chi connectivity index (χ4n) is 3.77. The lowest BCUT2D eigenvalue weighted by molar-refractivity contribution is 0.545. The second kappa shape index (κ2) is 8.64. The van der Waals surface area contributed by atoms with Crippen molar-refractivity contribution in [2.75, 3.05) is 25.0 Å². The minimum atomic E-state index is 1.04. The predicted octanol–water partition coefficient (Wildman–Crippen LogP) is 5.95. The second-order valence-corrected chi connectivity index (χ2v) is 8.30. The number of nitrogens with zero attached hydrogens (tertiary/aromatic N) is 2. The SMILES string of the molecule is CN(CCCN1c2ccccc2CCc2ccccc21)Sc1ccccc1. The minimum absolute atomic E-state index is 1.04. The molecule has 0 saturated heterocycles. The molecule has 138 valence electrons. The van der Waals surface area contributed by atoms with Gasteiger partial charge in [0.25, 0.3) is 0 Å². The van der Waals surface area contributed by atoms with Crippen molar-refractivity contribution in [3.05, 3.63) is 90.0 Å². The zero-order valence-electron chi connectivity index (χ0n) is 15.8. The number of anilines is 2. The van der Waals surface area contributed by atoms with E-state index in [1.54, 1.807) is 0 Å². The molecule has 27 heavy (non-hydrogen) atoms. The summed E-state index contributed by atoms with van der Waals surface area (Å²) < 4.78 is 2.34. The van der Waals surface area contributed by atoms with Crippen LogP contribution in [0.25, 0.3) is 0 Å². The smallest absolute Gasteiger partial charge is 0.0443 e. The van der Waals surface area contributed by atoms with E-state index in [1.807, 2.05) is 11.9 Å². The molecule has 0 saturated carbocycles. The van der Waals surface area contributed by atoms with Crippen LogP contribution in [-0.4, -0.2) is 24.4 Å². The van der Waals surface area contributed by atoms with Crippen molar-refractivity contribution in [2.45, 2.75) is 24.2 Å². The summed E-state index contributed by atoms with van der Waals surface area (Å²) in [6.07, 6.45) is 3.36. The van der Waals surface area contributed by atoms with Gasteiger partial charge in [-0.15, -0.1) is 0 Å². The fraction of sp³-hybridized carbons (Fsp3) is 0.250. The molecule has 0 radical (unpaired) electrons. The Morgan fingerprint density at radius 2 is 1.33 bits per heavy atom. The number of hydrogen-bond acceptors (Lipinski definition) is 3. The summed E-state index contributed by atoms with van der Waals surface area (Å²) in [4.78, 5) is 3.82. The number of rotatable bonds is 6. The van der Waals surface area contributed by atoms with Gasteiger partial charge in [-0.2, -0.15) is 0 Å². The van der Waals surface area contributed by atoms with Crippen LogP contribution < -0.4 is 4.90 Å². The highest BCUT2D eigenvalue weighted by Crippen LogP contribution is 2.36. The highest BCUT2D eigenvalue weighted by Gasteiger charge is 2.19. The van der Waals surface area contributed by atoms with Gasteiger partial charge in [0.15, 0.2) is 0 Å². The molecule has 3 aromatic rings. The summed E-state index contributed by atoms with van der Waals surface area (Å²) in [7, 11) is 2.18. The molecule has 0 atom stereocenters. The van der Waals surface area contributed by atoms with Gasteiger partial charge in [0.2, 0.25) is 0 Å². The molecule has 0 N–H and O–H groups in total. The summed E-state index contributed by atoms with van der Waals surface area (Å²) in [5.41, 5.74) is 5.67. The third kappa shape index (κ3) is 4.37. The fourth-order valence-corrected chi connectivity index (χ4v) is 4.63. The van der Waals surface area contributed by atoms with Gasteiger partial charge >= 0.3 is 0 Å². The van der Waals surface area contributed by atoms with Crippen molar-refractivity contribution in [1.82, 2.24) is 4.31 Å². The molecule has 0 aromatic heterocycles. The molecular formula is C24H26N2S. The number of fused-ring (bicyclic) bond motifs is 2. The van der Waals surface area contributed by atoms with Gasteiger partial charge in [-0.25, -0.2) is 4.31 Å². The Labute approximate surface area is 167 Å². The third-order valence-corrected chi connectivity index (χ3v) is 6.06. The highest BCUT2D eigenvalue weighted by molar-refractivity contribution is 7.97. The Bertz CT molecular complexity index is 831. The Morgan fingerprint density at radius 3 is 1.96 bits per heavy atom. The lowest BCUT2D eigenvalue weighted by Crippen LogP contribution is -2.23. The van der Waals surface area contributed by atoms with E-state index in [-0.39, 0.29) is 0 Å². The van der Waals surface area contributed by atoms with Crippen LogP contribution in [0.3, 0.4) is 0 Å². The number of para-hydroxylation sites is 2. The quantitative estimate of drug-likeness (QED) is 0.492. The minimum Gasteiger partial charge on any atom is -0.341 e. The number of hydrogen-bond donors (Lipinski definition) is 0. The average Bonchev–Trinajstić information content (AvgIpc) is 2.86. The molecule has 4 rings (SSSR count). The summed E-state index contributed by atoms with van der Waals surface area (Å²) in [6, 6.07) is 28.4. The molecule has 0 amide bonds. The van der Waals surface area contributed by atoms with E-state index in [0.29, 0.717) is 0 Å². The van der Waals surface area contributed by atoms with E-state index in [9.17, 15) is 0 Å². The Balaban J connectivity index is 1.46. The van der Waals surface area contributed by atoms with Gasteiger partial charge in [-0.3, -0.25) is 0 Å². The molecule has 0 unspecified atom stereocenters. The first kappa shape index (κ1) is 18.1. The molecule has 1 heterocycles. The van der Waals surface area contributed by atoms with Crippen LogP contribution in [-0.2, 0) is 12.8 Å². The van der Waals surface area contributed by atoms with Crippen molar-refractivity contribution < 1.29 is 0 Å². The number of benzene rings is 3. The second-order valence-electron chi connectivity index (χ2n) is 7.02. The first-order valence-electron chi connectivity index (χ1n) is 9.69. The van der Waals surface area contributed by atoms with E-state index in [4.69, 9.17) is 0 Å². The maximum atomic E-state index is 2.53. The molecule has 1 aliphatic heterocycles. The monoisotopic (exact) mass is 374 g/mol. The zero-order valence-corrected chi connectivity index (χ0v) is 16.7. The van der Waals surface area contributed by atoms with Crippen molar-refractivity contribution in [1.29, 1.82) is 0 Å². The first-order valence-corrected chi connectivity index (χ1v) is 10.5. The van der Waals surface area contributed by atoms with Crippen LogP contribution in [0.5, 0.6) is 0 Å². The molecule has 0 bridgehead atoms. The van der Waals surface area contributed by atoms with Crippen molar-refractivity contribution in [3.8, 4) is 0 Å². The maximum Gasteiger partial charge on any atom is 0.0443 e. The summed E-state index contributed by atoms with van der Waals surface area (Å²) in [5, 5.41) is 0. The number of aryl methyl sites for hydroxylation is 2. The summed E-state index contributed by atoms with van der Waals surface area (Å²) >= 11 is 1.82. The van der Waals surface area contributed by atoms with Crippen molar-refractivity contribution in [2.24, 2.45) is 0 Å². The van der Waals surface area contributed by atoms with Crippen LogP contribution in [0.4, 0.5) is 11.4 Å². The molecular weight excluding hydrogens is 348 g/mol. The van der Waals surface area contributed by atoms with Gasteiger partial charge in [-0.05, 0) is 73.7 Å². The van der Waals surface area contributed by atoms with Gasteiger partial charge < -0.3 is 4.90 Å². The van der Waals surface area contributed by atoms with E-state index < -0.39 is 0 Å². The van der Waals surface area contributed by atoms with Gasteiger partial charge in [0, 0.05) is 29.4 Å². The molecule has 0 fully saturated rings. The Kier molecular flexibility index (Phi) is 5.81. The van der Waals surface area contributed by atoms with E-state index in [0.717, 1.165) is 32.4 Å². The summed E-state index contributed by atoms with van der Waals surface area (Å²) in [6.45, 7) is 2.09. The normalized spacial score (nSPS) is 13.2. The largest absolute Gasteiger partial charge is 0.341 e. The molecule has 0 aliphatic carbocycles. The standard InChI is InChI=1S/C24H26N2S/c1-25(27-22-12-3-2-4-13-22)18-9-19-26-23-14-7-5-10-20(23)16-17-21-11-6-8-15-24(21)26/h2-8,10-15H,9,16-19H2,1H3. The molecule has 1 aliphatic rings.